The Morgan fingerprint density at radius 3 is 2.15 bits per heavy atom. The summed E-state index contributed by atoms with van der Waals surface area (Å²) >= 11 is 0. The number of ether oxygens (including phenoxy) is 1. The Morgan fingerprint density at radius 1 is 1.03 bits per heavy atom. The molecule has 1 aliphatic carbocycles. The number of amides is 2. The van der Waals surface area contributed by atoms with E-state index in [2.05, 4.69) is 29.6 Å². The number of fused-ring (bicyclic) bond motifs is 3. The monoisotopic (exact) mass is 450 g/mol. The summed E-state index contributed by atoms with van der Waals surface area (Å²) in [5, 5.41) is 11.6. The summed E-state index contributed by atoms with van der Waals surface area (Å²) in [4.78, 5) is 38.0. The van der Waals surface area contributed by atoms with E-state index in [9.17, 15) is 14.4 Å². The maximum atomic E-state index is 12.9. The number of carboxylic acid groups (broad SMARTS) is 1. The van der Waals surface area contributed by atoms with Crippen LogP contribution in [-0.2, 0) is 14.3 Å². The second-order valence-corrected chi connectivity index (χ2v) is 9.23. The largest absolute Gasteiger partial charge is 0.481 e. The van der Waals surface area contributed by atoms with Crippen LogP contribution >= 0.6 is 0 Å². The number of nitrogens with one attached hydrogen (secondary N) is 1. The van der Waals surface area contributed by atoms with Gasteiger partial charge in [0, 0.05) is 25.4 Å². The lowest BCUT2D eigenvalue weighted by atomic mass is 9.92. The predicted molar refractivity (Wildman–Crippen MR) is 124 cm³/mol. The SMILES string of the molecule is CC(C)C(NC(=O)OCC1c2ccccc2-c2ccccc21)C(=O)N1CC(CCC(=O)O)C1. The Kier molecular flexibility index (Phi) is 6.67. The van der Waals surface area contributed by atoms with Gasteiger partial charge in [-0.1, -0.05) is 62.4 Å². The Morgan fingerprint density at radius 2 is 1.61 bits per heavy atom. The smallest absolute Gasteiger partial charge is 0.407 e. The van der Waals surface area contributed by atoms with Gasteiger partial charge in [-0.05, 0) is 40.5 Å². The maximum Gasteiger partial charge on any atom is 0.407 e. The molecule has 0 saturated carbocycles. The zero-order valence-electron chi connectivity index (χ0n) is 19.0. The molecule has 7 nitrogen and oxygen atoms in total. The van der Waals surface area contributed by atoms with Gasteiger partial charge >= 0.3 is 12.1 Å². The molecule has 174 valence electrons. The number of benzene rings is 2. The van der Waals surface area contributed by atoms with Crippen LogP contribution in [0.25, 0.3) is 11.1 Å². The fourth-order valence-corrected chi connectivity index (χ4v) is 4.74. The fraction of sp³-hybridized carbons (Fsp3) is 0.423. The zero-order chi connectivity index (χ0) is 23.5. The quantitative estimate of drug-likeness (QED) is 0.637. The minimum Gasteiger partial charge on any atom is -0.481 e. The van der Waals surface area contributed by atoms with Crippen molar-refractivity contribution in [2.75, 3.05) is 19.7 Å². The Hall–Kier alpha value is -3.35. The van der Waals surface area contributed by atoms with Gasteiger partial charge in [-0.25, -0.2) is 4.79 Å². The molecule has 1 heterocycles. The van der Waals surface area contributed by atoms with Gasteiger partial charge in [-0.2, -0.15) is 0 Å². The summed E-state index contributed by atoms with van der Waals surface area (Å²) in [5.41, 5.74) is 4.59. The molecule has 2 aromatic carbocycles. The van der Waals surface area contributed by atoms with Crippen LogP contribution in [0.5, 0.6) is 0 Å². The third-order valence-electron chi connectivity index (χ3n) is 6.59. The second-order valence-electron chi connectivity index (χ2n) is 9.23. The minimum absolute atomic E-state index is 0.0401. The Balaban J connectivity index is 1.34. The fourth-order valence-electron chi connectivity index (χ4n) is 4.74. The normalized spacial score (nSPS) is 16.0. The molecule has 1 fully saturated rings. The highest BCUT2D eigenvalue weighted by atomic mass is 16.5. The molecular weight excluding hydrogens is 420 g/mol. The van der Waals surface area contributed by atoms with Crippen molar-refractivity contribution in [3.63, 3.8) is 0 Å². The van der Waals surface area contributed by atoms with E-state index in [-0.39, 0.29) is 36.7 Å². The van der Waals surface area contributed by atoms with Crippen molar-refractivity contribution in [2.24, 2.45) is 11.8 Å². The molecule has 1 aliphatic heterocycles. The van der Waals surface area contributed by atoms with Crippen LogP contribution in [0.4, 0.5) is 4.79 Å². The number of carboxylic acids is 1. The highest BCUT2D eigenvalue weighted by Gasteiger charge is 2.37. The molecule has 2 N–H and O–H groups in total. The summed E-state index contributed by atoms with van der Waals surface area (Å²) in [6.07, 6.45) is 0.0655. The van der Waals surface area contributed by atoms with E-state index in [4.69, 9.17) is 9.84 Å². The first-order chi connectivity index (χ1) is 15.8. The molecule has 0 radical (unpaired) electrons. The summed E-state index contributed by atoms with van der Waals surface area (Å²) in [7, 11) is 0. The molecule has 7 heteroatoms. The van der Waals surface area contributed by atoms with E-state index in [1.54, 1.807) is 4.90 Å². The highest BCUT2D eigenvalue weighted by molar-refractivity contribution is 5.86. The summed E-state index contributed by atoms with van der Waals surface area (Å²) in [6.45, 7) is 5.02. The molecule has 0 aromatic heterocycles. The molecule has 4 rings (SSSR count). The first-order valence-corrected chi connectivity index (χ1v) is 11.5. The summed E-state index contributed by atoms with van der Waals surface area (Å²) in [5.74, 6) is -0.910. The number of rotatable bonds is 8. The highest BCUT2D eigenvalue weighted by Crippen LogP contribution is 2.44. The van der Waals surface area contributed by atoms with Crippen LogP contribution in [0, 0.1) is 11.8 Å². The lowest BCUT2D eigenvalue weighted by molar-refractivity contribution is -0.141. The van der Waals surface area contributed by atoms with E-state index in [0.717, 1.165) is 22.3 Å². The minimum atomic E-state index is -0.822. The first kappa shape index (κ1) is 22.8. The second kappa shape index (κ2) is 9.65. The van der Waals surface area contributed by atoms with Gasteiger partial charge in [0.1, 0.15) is 12.6 Å². The van der Waals surface area contributed by atoms with E-state index >= 15 is 0 Å². The molecule has 2 aliphatic rings. The molecule has 1 saturated heterocycles. The predicted octanol–water partition coefficient (Wildman–Crippen LogP) is 3.87. The number of hydrogen-bond acceptors (Lipinski definition) is 4. The molecule has 1 unspecified atom stereocenters. The van der Waals surface area contributed by atoms with Crippen LogP contribution in [0.3, 0.4) is 0 Å². The number of carbonyl (C=O) groups is 3. The van der Waals surface area contributed by atoms with Crippen molar-refractivity contribution in [1.29, 1.82) is 0 Å². The summed E-state index contributed by atoms with van der Waals surface area (Å²) < 4.78 is 5.60. The number of likely N-dealkylation sites (tertiary alicyclic amines) is 1. The molecule has 1 atom stereocenters. The molecule has 0 bridgehead atoms. The number of alkyl carbamates (subject to hydrolysis) is 1. The average molecular weight is 451 g/mol. The van der Waals surface area contributed by atoms with Crippen LogP contribution in [-0.4, -0.2) is 53.7 Å². The van der Waals surface area contributed by atoms with Crippen LogP contribution in [0.2, 0.25) is 0 Å². The van der Waals surface area contributed by atoms with Gasteiger partial charge in [0.25, 0.3) is 0 Å². The first-order valence-electron chi connectivity index (χ1n) is 11.5. The topological polar surface area (TPSA) is 95.9 Å². The van der Waals surface area contributed by atoms with Gasteiger partial charge in [-0.15, -0.1) is 0 Å². The lowest BCUT2D eigenvalue weighted by Gasteiger charge is -2.41. The molecule has 2 aromatic rings. The van der Waals surface area contributed by atoms with Crippen molar-refractivity contribution in [3.05, 3.63) is 59.7 Å². The van der Waals surface area contributed by atoms with Gasteiger partial charge in [0.2, 0.25) is 5.91 Å². The third kappa shape index (κ3) is 4.87. The molecule has 2 amide bonds. The standard InChI is InChI=1S/C26H30N2O5/c1-16(2)24(25(31)28-13-17(14-28)11-12-23(29)30)27-26(32)33-15-22-20-9-5-3-7-18(20)19-8-4-6-10-21(19)22/h3-10,16-17,22,24H,11-15H2,1-2H3,(H,27,32)(H,29,30). The van der Waals surface area contributed by atoms with Gasteiger partial charge in [0.15, 0.2) is 0 Å². The Labute approximate surface area is 193 Å². The van der Waals surface area contributed by atoms with Crippen molar-refractivity contribution in [3.8, 4) is 11.1 Å². The van der Waals surface area contributed by atoms with Gasteiger partial charge < -0.3 is 20.1 Å². The number of aliphatic carboxylic acids is 1. The number of nitrogens with zero attached hydrogens (tertiary/aromatic N) is 1. The number of hydrogen-bond donors (Lipinski definition) is 2. The van der Waals surface area contributed by atoms with Gasteiger partial charge in [0.05, 0.1) is 0 Å². The summed E-state index contributed by atoms with van der Waals surface area (Å²) in [6, 6.07) is 15.6. The molecule has 33 heavy (non-hydrogen) atoms. The van der Waals surface area contributed by atoms with E-state index in [0.29, 0.717) is 19.5 Å². The van der Waals surface area contributed by atoms with Gasteiger partial charge in [-0.3, -0.25) is 9.59 Å². The van der Waals surface area contributed by atoms with Crippen LogP contribution in [0.15, 0.2) is 48.5 Å². The maximum absolute atomic E-state index is 12.9. The average Bonchev–Trinajstić information content (AvgIpc) is 3.08. The van der Waals surface area contributed by atoms with Crippen molar-refractivity contribution in [1.82, 2.24) is 10.2 Å². The third-order valence-corrected chi connectivity index (χ3v) is 6.59. The Bertz CT molecular complexity index is 999. The van der Waals surface area contributed by atoms with Crippen LogP contribution < -0.4 is 5.32 Å². The number of carbonyl (C=O) groups excluding carboxylic acids is 2. The molecular formula is C26H30N2O5. The molecule has 0 spiro atoms. The van der Waals surface area contributed by atoms with Crippen LogP contribution in [0.1, 0.15) is 43.7 Å². The van der Waals surface area contributed by atoms with Crippen molar-refractivity contribution < 1.29 is 24.2 Å². The van der Waals surface area contributed by atoms with E-state index in [1.807, 2.05) is 38.1 Å². The lowest BCUT2D eigenvalue weighted by Crippen LogP contribution is -2.58. The van der Waals surface area contributed by atoms with Crippen molar-refractivity contribution >= 4 is 18.0 Å². The van der Waals surface area contributed by atoms with Crippen molar-refractivity contribution in [2.45, 2.75) is 38.6 Å². The van der Waals surface area contributed by atoms with E-state index < -0.39 is 18.1 Å². The zero-order valence-corrected chi connectivity index (χ0v) is 19.0. The van der Waals surface area contributed by atoms with E-state index in [1.165, 1.54) is 0 Å².